The smallest absolute Gasteiger partial charge is 0.278 e. The number of piperazine rings is 1. The Morgan fingerprint density at radius 1 is 1.27 bits per heavy atom. The minimum atomic E-state index is -3.54. The van der Waals surface area contributed by atoms with E-state index in [1.54, 1.807) is 18.2 Å². The van der Waals surface area contributed by atoms with Crippen molar-refractivity contribution in [2.75, 3.05) is 26.2 Å². The number of halogens is 1. The van der Waals surface area contributed by atoms with E-state index in [0.717, 1.165) is 17.7 Å². The first-order valence-corrected chi connectivity index (χ1v) is 11.1. The molecule has 1 amide bonds. The van der Waals surface area contributed by atoms with Crippen LogP contribution in [0.5, 0.6) is 0 Å². The Bertz CT molecular complexity index is 742. The van der Waals surface area contributed by atoms with Crippen molar-refractivity contribution < 1.29 is 18.1 Å². The molecule has 144 valence electrons. The molecule has 1 aliphatic carbocycles. The molecule has 1 aliphatic heterocycles. The van der Waals surface area contributed by atoms with Crippen LogP contribution in [0.3, 0.4) is 0 Å². The Labute approximate surface area is 160 Å². The van der Waals surface area contributed by atoms with Gasteiger partial charge >= 0.3 is 0 Å². The van der Waals surface area contributed by atoms with Crippen LogP contribution in [0.4, 0.5) is 0 Å². The van der Waals surface area contributed by atoms with Gasteiger partial charge < -0.3 is 10.2 Å². The van der Waals surface area contributed by atoms with Crippen molar-refractivity contribution in [3.63, 3.8) is 0 Å². The Hall–Kier alpha value is -1.15. The average Bonchev–Trinajstić information content (AvgIpc) is 3.14. The van der Waals surface area contributed by atoms with Crippen molar-refractivity contribution in [1.29, 1.82) is 0 Å². The molecule has 8 heteroatoms. The van der Waals surface area contributed by atoms with Crippen LogP contribution in [0.1, 0.15) is 32.6 Å². The van der Waals surface area contributed by atoms with Crippen molar-refractivity contribution in [2.24, 2.45) is 0 Å². The summed E-state index contributed by atoms with van der Waals surface area (Å²) in [5.41, 5.74) is 0. The zero-order valence-electron chi connectivity index (χ0n) is 15.1. The molecule has 0 radical (unpaired) electrons. The fourth-order valence-corrected chi connectivity index (χ4v) is 5.55. The van der Waals surface area contributed by atoms with Gasteiger partial charge in [-0.3, -0.25) is 4.79 Å². The van der Waals surface area contributed by atoms with Crippen molar-refractivity contribution in [2.45, 2.75) is 49.6 Å². The number of rotatable bonds is 5. The summed E-state index contributed by atoms with van der Waals surface area (Å²) in [7, 11) is -3.54. The summed E-state index contributed by atoms with van der Waals surface area (Å²) in [5.74, 6) is 0.0815. The minimum Gasteiger partial charge on any atom is -0.348 e. The topological polar surface area (TPSA) is 70.9 Å². The lowest BCUT2D eigenvalue weighted by Gasteiger charge is -2.34. The Balaban J connectivity index is 1.57. The highest BCUT2D eigenvalue weighted by Gasteiger charge is 2.35. The molecule has 26 heavy (non-hydrogen) atoms. The largest absolute Gasteiger partial charge is 0.348 e. The van der Waals surface area contributed by atoms with Gasteiger partial charge in [-0.2, -0.15) is 4.31 Å². The van der Waals surface area contributed by atoms with E-state index in [1.807, 2.05) is 6.92 Å². The van der Waals surface area contributed by atoms with Gasteiger partial charge in [-0.25, -0.2) is 8.42 Å². The molecule has 2 aliphatic rings. The molecule has 2 N–H and O–H groups in total. The Morgan fingerprint density at radius 2 is 1.92 bits per heavy atom. The third-order valence-corrected chi connectivity index (χ3v) is 7.64. The van der Waals surface area contributed by atoms with Crippen molar-refractivity contribution in [3.05, 3.63) is 29.3 Å². The maximum absolute atomic E-state index is 12.8. The quantitative estimate of drug-likeness (QED) is 0.763. The number of hydrogen-bond donors (Lipinski definition) is 2. The van der Waals surface area contributed by atoms with Gasteiger partial charge in [0.2, 0.25) is 10.0 Å². The normalized spacial score (nSPS) is 21.6. The van der Waals surface area contributed by atoms with Gasteiger partial charge in [0.25, 0.3) is 5.91 Å². The molecule has 0 bridgehead atoms. The van der Waals surface area contributed by atoms with E-state index in [0.29, 0.717) is 37.2 Å². The number of nitrogens with zero attached hydrogens (tertiary/aromatic N) is 1. The lowest BCUT2D eigenvalue weighted by atomic mass is 10.2. The maximum Gasteiger partial charge on any atom is 0.278 e. The summed E-state index contributed by atoms with van der Waals surface area (Å²) < 4.78 is 27.0. The molecular formula is C18H27ClN3O3S+. The van der Waals surface area contributed by atoms with Gasteiger partial charge in [0.1, 0.15) is 0 Å². The molecule has 2 fully saturated rings. The molecule has 1 atom stereocenters. The first-order chi connectivity index (χ1) is 12.4. The van der Waals surface area contributed by atoms with Gasteiger partial charge in [-0.1, -0.05) is 30.5 Å². The van der Waals surface area contributed by atoms with Crippen LogP contribution in [-0.4, -0.2) is 56.9 Å². The van der Waals surface area contributed by atoms with Crippen LogP contribution in [0.2, 0.25) is 5.02 Å². The second-order valence-electron chi connectivity index (χ2n) is 7.23. The van der Waals surface area contributed by atoms with Crippen molar-refractivity contribution in [1.82, 2.24) is 9.62 Å². The second-order valence-corrected chi connectivity index (χ2v) is 9.61. The van der Waals surface area contributed by atoms with Gasteiger partial charge in [-0.15, -0.1) is 0 Å². The predicted octanol–water partition coefficient (Wildman–Crippen LogP) is 0.677. The molecule has 1 saturated heterocycles. The van der Waals surface area contributed by atoms with Crippen LogP contribution in [0.25, 0.3) is 0 Å². The summed E-state index contributed by atoms with van der Waals surface area (Å²) in [6, 6.07) is 6.51. The summed E-state index contributed by atoms with van der Waals surface area (Å²) in [6.45, 7) is 4.00. The second kappa shape index (κ2) is 8.25. The number of amides is 1. The van der Waals surface area contributed by atoms with Gasteiger partial charge in [0, 0.05) is 11.1 Å². The van der Waals surface area contributed by atoms with Crippen LogP contribution < -0.4 is 10.2 Å². The molecule has 6 nitrogen and oxygen atoms in total. The molecule has 0 spiro atoms. The number of quaternary nitrogens is 1. The molecule has 1 heterocycles. The van der Waals surface area contributed by atoms with E-state index >= 15 is 0 Å². The third-order valence-electron chi connectivity index (χ3n) is 5.51. The van der Waals surface area contributed by atoms with Crippen LogP contribution in [0, 0.1) is 0 Å². The number of carbonyl (C=O) groups is 1. The monoisotopic (exact) mass is 400 g/mol. The zero-order chi connectivity index (χ0) is 18.7. The molecular weight excluding hydrogens is 374 g/mol. The van der Waals surface area contributed by atoms with E-state index in [4.69, 9.17) is 11.6 Å². The van der Waals surface area contributed by atoms with Crippen molar-refractivity contribution in [3.8, 4) is 0 Å². The average molecular weight is 401 g/mol. The molecule has 1 saturated carbocycles. The number of hydrogen-bond acceptors (Lipinski definition) is 3. The standard InChI is InChI=1S/C18H26ClN3O3S/c1-14(18(23)20-16-6-2-3-7-16)21-9-11-22(12-10-21)26(24,25)17-8-4-5-15(19)13-17/h4-5,8,13-14,16H,2-3,6-7,9-12H2,1H3,(H,20,23)/p+1/t14-/m0/s1. The van der Waals surface area contributed by atoms with E-state index in [-0.39, 0.29) is 16.8 Å². The lowest BCUT2D eigenvalue weighted by Crippen LogP contribution is -3.19. The van der Waals surface area contributed by atoms with E-state index in [2.05, 4.69) is 5.32 Å². The fraction of sp³-hybridized carbons (Fsp3) is 0.611. The van der Waals surface area contributed by atoms with Gasteiger partial charge in [0.15, 0.2) is 6.04 Å². The number of benzene rings is 1. The molecule has 1 aromatic carbocycles. The molecule has 3 rings (SSSR count). The highest BCUT2D eigenvalue weighted by Crippen LogP contribution is 2.20. The summed E-state index contributed by atoms with van der Waals surface area (Å²) >= 11 is 5.93. The molecule has 1 aromatic rings. The summed E-state index contributed by atoms with van der Waals surface area (Å²) in [5, 5.41) is 3.55. The zero-order valence-corrected chi connectivity index (χ0v) is 16.7. The lowest BCUT2D eigenvalue weighted by molar-refractivity contribution is -0.917. The first kappa shape index (κ1) is 19.6. The van der Waals surface area contributed by atoms with Crippen LogP contribution >= 0.6 is 11.6 Å². The van der Waals surface area contributed by atoms with Gasteiger partial charge in [0.05, 0.1) is 31.1 Å². The Kier molecular flexibility index (Phi) is 6.22. The van der Waals surface area contributed by atoms with Crippen molar-refractivity contribution >= 4 is 27.5 Å². The first-order valence-electron chi connectivity index (χ1n) is 9.28. The van der Waals surface area contributed by atoms with Gasteiger partial charge in [-0.05, 0) is 38.0 Å². The minimum absolute atomic E-state index is 0.0815. The van der Waals surface area contributed by atoms with Crippen LogP contribution in [-0.2, 0) is 14.8 Å². The molecule has 0 aromatic heterocycles. The fourth-order valence-electron chi connectivity index (χ4n) is 3.81. The number of carbonyl (C=O) groups excluding carboxylic acids is 1. The highest BCUT2D eigenvalue weighted by molar-refractivity contribution is 7.89. The molecule has 0 unspecified atom stereocenters. The van der Waals surface area contributed by atoms with E-state index in [1.165, 1.54) is 23.2 Å². The van der Waals surface area contributed by atoms with E-state index in [9.17, 15) is 13.2 Å². The number of nitrogens with one attached hydrogen (secondary N) is 2. The maximum atomic E-state index is 12.8. The Morgan fingerprint density at radius 3 is 2.54 bits per heavy atom. The summed E-state index contributed by atoms with van der Waals surface area (Å²) in [6.07, 6.45) is 4.51. The third kappa shape index (κ3) is 4.39. The predicted molar refractivity (Wildman–Crippen MR) is 101 cm³/mol. The van der Waals surface area contributed by atoms with E-state index < -0.39 is 10.0 Å². The number of sulfonamides is 1. The SMILES string of the molecule is C[C@@H](C(=O)NC1CCCC1)[NH+]1CCN(S(=O)(=O)c2cccc(Cl)c2)CC1. The highest BCUT2D eigenvalue weighted by atomic mass is 35.5. The summed E-state index contributed by atoms with van der Waals surface area (Å²) in [4.78, 5) is 13.8. The van der Waals surface area contributed by atoms with Crippen LogP contribution in [0.15, 0.2) is 29.2 Å².